The molecule has 1 aromatic heterocycles. The Morgan fingerprint density at radius 3 is 2.63 bits per heavy atom. The molecule has 3 aromatic rings. The van der Waals surface area contributed by atoms with Crippen LogP contribution >= 0.6 is 11.6 Å². The summed E-state index contributed by atoms with van der Waals surface area (Å²) in [5, 5.41) is 4.90. The van der Waals surface area contributed by atoms with Crippen LogP contribution in [0.25, 0.3) is 10.8 Å². The number of aryl methyl sites for hydroxylation is 1. The highest BCUT2D eigenvalue weighted by Gasteiger charge is 2.19. The molecule has 2 aromatic carbocycles. The molecule has 0 aliphatic carbocycles. The number of aromatic nitrogens is 1. The van der Waals surface area contributed by atoms with Gasteiger partial charge in [0.25, 0.3) is 5.91 Å². The average molecular weight is 386 g/mol. The van der Waals surface area contributed by atoms with E-state index < -0.39 is 5.82 Å². The van der Waals surface area contributed by atoms with Crippen molar-refractivity contribution in [3.63, 3.8) is 0 Å². The number of anilines is 2. The number of rotatable bonds is 5. The summed E-state index contributed by atoms with van der Waals surface area (Å²) >= 11 is 5.87. The van der Waals surface area contributed by atoms with Crippen molar-refractivity contribution in [3.8, 4) is 0 Å². The van der Waals surface area contributed by atoms with E-state index in [0.29, 0.717) is 30.2 Å². The molecule has 140 valence electrons. The van der Waals surface area contributed by atoms with Gasteiger partial charge in [-0.3, -0.25) is 4.79 Å². The average Bonchev–Trinajstić information content (AvgIpc) is 2.66. The lowest BCUT2D eigenvalue weighted by atomic mass is 10.0. The predicted molar refractivity (Wildman–Crippen MR) is 108 cm³/mol. The quantitative estimate of drug-likeness (QED) is 0.625. The van der Waals surface area contributed by atoms with Crippen LogP contribution in [-0.4, -0.2) is 28.9 Å². The highest BCUT2D eigenvalue weighted by molar-refractivity contribution is 6.31. The van der Waals surface area contributed by atoms with Crippen LogP contribution in [0.3, 0.4) is 0 Å². The summed E-state index contributed by atoms with van der Waals surface area (Å²) in [6, 6.07) is 10.2. The molecule has 4 nitrogen and oxygen atoms in total. The Balaban J connectivity index is 2.11. The van der Waals surface area contributed by atoms with Gasteiger partial charge in [0.1, 0.15) is 11.6 Å². The number of hydrogen-bond acceptors (Lipinski definition) is 3. The van der Waals surface area contributed by atoms with Gasteiger partial charge in [-0.25, -0.2) is 9.37 Å². The van der Waals surface area contributed by atoms with Crippen molar-refractivity contribution in [1.29, 1.82) is 0 Å². The Kier molecular flexibility index (Phi) is 5.61. The van der Waals surface area contributed by atoms with Gasteiger partial charge in [-0.15, -0.1) is 0 Å². The molecule has 1 N–H and O–H groups in total. The molecule has 1 amide bonds. The van der Waals surface area contributed by atoms with Crippen molar-refractivity contribution in [2.75, 3.05) is 18.4 Å². The molecule has 1 heterocycles. The maximum Gasteiger partial charge on any atom is 0.256 e. The number of nitrogens with zero attached hydrogens (tertiary/aromatic N) is 2. The number of benzene rings is 2. The van der Waals surface area contributed by atoms with E-state index in [4.69, 9.17) is 11.6 Å². The normalized spacial score (nSPS) is 10.9. The highest BCUT2D eigenvalue weighted by Crippen LogP contribution is 2.31. The second kappa shape index (κ2) is 7.92. The monoisotopic (exact) mass is 385 g/mol. The first-order chi connectivity index (χ1) is 13.0. The van der Waals surface area contributed by atoms with Crippen molar-refractivity contribution in [3.05, 3.63) is 64.6 Å². The summed E-state index contributed by atoms with van der Waals surface area (Å²) in [7, 11) is 0. The van der Waals surface area contributed by atoms with Gasteiger partial charge in [0.05, 0.1) is 10.6 Å². The smallest absolute Gasteiger partial charge is 0.256 e. The number of nitrogens with one attached hydrogen (secondary N) is 1. The lowest BCUT2D eigenvalue weighted by molar-refractivity contribution is 0.0774. The first-order valence-electron chi connectivity index (χ1n) is 8.85. The molecular weight excluding hydrogens is 365 g/mol. The molecule has 0 saturated heterocycles. The van der Waals surface area contributed by atoms with E-state index in [1.54, 1.807) is 17.2 Å². The fraction of sp³-hybridized carbons (Fsp3) is 0.238. The lowest BCUT2D eigenvalue weighted by Crippen LogP contribution is -2.30. The zero-order valence-electron chi connectivity index (χ0n) is 15.5. The van der Waals surface area contributed by atoms with Crippen molar-refractivity contribution in [1.82, 2.24) is 9.88 Å². The van der Waals surface area contributed by atoms with Gasteiger partial charge < -0.3 is 10.2 Å². The van der Waals surface area contributed by atoms with Crippen molar-refractivity contribution >= 4 is 39.8 Å². The van der Waals surface area contributed by atoms with E-state index in [1.807, 2.05) is 39.0 Å². The first-order valence-corrected chi connectivity index (χ1v) is 9.23. The molecule has 3 rings (SSSR count). The topological polar surface area (TPSA) is 45.2 Å². The molecule has 0 spiro atoms. The number of amides is 1. The van der Waals surface area contributed by atoms with Crippen LogP contribution in [0.15, 0.2) is 42.6 Å². The van der Waals surface area contributed by atoms with Gasteiger partial charge in [-0.05, 0) is 44.5 Å². The minimum Gasteiger partial charge on any atom is -0.340 e. The van der Waals surface area contributed by atoms with Crippen molar-refractivity contribution < 1.29 is 9.18 Å². The first kappa shape index (κ1) is 19.1. The van der Waals surface area contributed by atoms with Crippen LogP contribution < -0.4 is 5.32 Å². The maximum absolute atomic E-state index is 13.4. The Morgan fingerprint density at radius 2 is 1.96 bits per heavy atom. The molecule has 6 heteroatoms. The largest absolute Gasteiger partial charge is 0.340 e. The van der Waals surface area contributed by atoms with E-state index >= 15 is 0 Å². The lowest BCUT2D eigenvalue weighted by Gasteiger charge is -2.21. The van der Waals surface area contributed by atoms with E-state index in [2.05, 4.69) is 10.3 Å². The number of pyridine rings is 1. The molecule has 0 aliphatic rings. The third kappa shape index (κ3) is 3.74. The molecule has 27 heavy (non-hydrogen) atoms. The minimum absolute atomic E-state index is 0.0359. The summed E-state index contributed by atoms with van der Waals surface area (Å²) in [5.74, 6) is 0.0756. The number of carbonyl (C=O) groups excluding carboxylic acids is 1. The third-order valence-electron chi connectivity index (χ3n) is 4.58. The van der Waals surface area contributed by atoms with E-state index in [9.17, 15) is 9.18 Å². The number of halogens is 2. The van der Waals surface area contributed by atoms with Crippen LogP contribution in [-0.2, 0) is 0 Å². The van der Waals surface area contributed by atoms with Gasteiger partial charge in [0.15, 0.2) is 0 Å². The van der Waals surface area contributed by atoms with E-state index in [1.165, 1.54) is 12.1 Å². The molecule has 0 fully saturated rings. The minimum atomic E-state index is -0.476. The standard InChI is InChI=1S/C21H21ClFN3O/c1-4-26(5-2)21(27)16-12-24-20(15-8-6-7-13(3)19(15)16)25-14-9-10-18(23)17(22)11-14/h6-12H,4-5H2,1-3H3,(H,24,25). The van der Waals surface area contributed by atoms with Crippen LogP contribution in [0.1, 0.15) is 29.8 Å². The van der Waals surface area contributed by atoms with Crippen molar-refractivity contribution in [2.24, 2.45) is 0 Å². The van der Waals surface area contributed by atoms with Gasteiger partial charge >= 0.3 is 0 Å². The van der Waals surface area contributed by atoms with Gasteiger partial charge in [-0.2, -0.15) is 0 Å². The third-order valence-corrected chi connectivity index (χ3v) is 4.87. The predicted octanol–water partition coefficient (Wildman–Crippen LogP) is 5.56. The summed E-state index contributed by atoms with van der Waals surface area (Å²) in [6.07, 6.45) is 1.60. The highest BCUT2D eigenvalue weighted by atomic mass is 35.5. The summed E-state index contributed by atoms with van der Waals surface area (Å²) in [4.78, 5) is 19.2. The zero-order valence-corrected chi connectivity index (χ0v) is 16.3. The molecular formula is C21H21ClFN3O. The van der Waals surface area contributed by atoms with Gasteiger partial charge in [-0.1, -0.05) is 29.8 Å². The summed E-state index contributed by atoms with van der Waals surface area (Å²) < 4.78 is 13.4. The van der Waals surface area contributed by atoms with Crippen LogP contribution in [0.2, 0.25) is 5.02 Å². The molecule has 0 bridgehead atoms. The SMILES string of the molecule is CCN(CC)C(=O)c1cnc(Nc2ccc(F)c(Cl)c2)c2cccc(C)c12. The zero-order chi connectivity index (χ0) is 19.6. The number of hydrogen-bond donors (Lipinski definition) is 1. The second-order valence-corrected chi connectivity index (χ2v) is 6.66. The van der Waals surface area contributed by atoms with E-state index in [0.717, 1.165) is 16.3 Å². The Labute approximate surface area is 163 Å². The fourth-order valence-corrected chi connectivity index (χ4v) is 3.32. The molecule has 0 radical (unpaired) electrons. The molecule has 0 unspecified atom stereocenters. The van der Waals surface area contributed by atoms with Gasteiger partial charge in [0.2, 0.25) is 0 Å². The number of fused-ring (bicyclic) bond motifs is 1. The van der Waals surface area contributed by atoms with Crippen LogP contribution in [0, 0.1) is 12.7 Å². The Bertz CT molecular complexity index is 1000. The summed E-state index contributed by atoms with van der Waals surface area (Å²) in [5.41, 5.74) is 2.19. The van der Waals surface area contributed by atoms with Crippen molar-refractivity contribution in [2.45, 2.75) is 20.8 Å². The molecule has 0 atom stereocenters. The second-order valence-electron chi connectivity index (χ2n) is 6.25. The number of carbonyl (C=O) groups is 1. The molecule has 0 aliphatic heterocycles. The van der Waals surface area contributed by atoms with Crippen LogP contribution in [0.4, 0.5) is 15.9 Å². The van der Waals surface area contributed by atoms with E-state index in [-0.39, 0.29) is 10.9 Å². The maximum atomic E-state index is 13.4. The molecule has 0 saturated carbocycles. The van der Waals surface area contributed by atoms with Gasteiger partial charge in [0, 0.05) is 35.7 Å². The Morgan fingerprint density at radius 1 is 1.22 bits per heavy atom. The van der Waals surface area contributed by atoms with Crippen LogP contribution in [0.5, 0.6) is 0 Å². The summed E-state index contributed by atoms with van der Waals surface area (Å²) in [6.45, 7) is 7.16. The Hall–Kier alpha value is -2.66. The fourth-order valence-electron chi connectivity index (χ4n) is 3.14.